The summed E-state index contributed by atoms with van der Waals surface area (Å²) in [5.74, 6) is 1.08. The van der Waals surface area contributed by atoms with Gasteiger partial charge >= 0.3 is 0 Å². The van der Waals surface area contributed by atoms with Crippen LogP contribution in [-0.2, 0) is 0 Å². The van der Waals surface area contributed by atoms with E-state index in [1.165, 1.54) is 6.08 Å². The lowest BCUT2D eigenvalue weighted by atomic mass is 10.1. The number of carbonyl (C=O) groups is 1. The molecule has 24 heavy (non-hydrogen) atoms. The van der Waals surface area contributed by atoms with Crippen LogP contribution in [0.25, 0.3) is 6.08 Å². The number of benzene rings is 2. The monoisotopic (exact) mass is 364 g/mol. The molecule has 0 saturated heterocycles. The van der Waals surface area contributed by atoms with Crippen molar-refractivity contribution in [3.63, 3.8) is 0 Å². The molecule has 0 bridgehead atoms. The van der Waals surface area contributed by atoms with Crippen LogP contribution in [-0.4, -0.2) is 19.0 Å². The zero-order valence-electron chi connectivity index (χ0n) is 13.7. The van der Waals surface area contributed by atoms with Gasteiger partial charge in [0, 0.05) is 10.6 Å². The highest BCUT2D eigenvalue weighted by Gasteiger charge is 2.09. The largest absolute Gasteiger partial charge is 0.493 e. The second-order valence-electron chi connectivity index (χ2n) is 5.40. The van der Waals surface area contributed by atoms with Crippen LogP contribution in [0.4, 0.5) is 0 Å². The molecule has 0 unspecified atom stereocenters. The van der Waals surface area contributed by atoms with Crippen LogP contribution >= 0.6 is 23.2 Å². The number of hydrogen-bond acceptors (Lipinski definition) is 3. The summed E-state index contributed by atoms with van der Waals surface area (Å²) in [7, 11) is 1.58. The molecule has 0 saturated carbocycles. The Balaban J connectivity index is 2.20. The van der Waals surface area contributed by atoms with Gasteiger partial charge in [-0.25, -0.2) is 0 Å². The third-order valence-corrected chi connectivity index (χ3v) is 3.72. The van der Waals surface area contributed by atoms with Gasteiger partial charge in [0.05, 0.1) is 18.2 Å². The molecule has 3 nitrogen and oxygen atoms in total. The van der Waals surface area contributed by atoms with E-state index in [4.69, 9.17) is 32.7 Å². The van der Waals surface area contributed by atoms with Crippen LogP contribution in [0.3, 0.4) is 0 Å². The van der Waals surface area contributed by atoms with E-state index < -0.39 is 0 Å². The summed E-state index contributed by atoms with van der Waals surface area (Å²) in [5, 5.41) is 0.821. The van der Waals surface area contributed by atoms with E-state index >= 15 is 0 Å². The predicted molar refractivity (Wildman–Crippen MR) is 98.6 cm³/mol. The van der Waals surface area contributed by atoms with Crippen molar-refractivity contribution in [2.24, 2.45) is 0 Å². The third-order valence-electron chi connectivity index (χ3n) is 3.17. The molecule has 2 rings (SSSR count). The molecule has 0 aromatic heterocycles. The fourth-order valence-electron chi connectivity index (χ4n) is 2.09. The average molecular weight is 365 g/mol. The Hall–Kier alpha value is -1.97. The van der Waals surface area contributed by atoms with Gasteiger partial charge in [0.2, 0.25) is 0 Å². The minimum Gasteiger partial charge on any atom is -0.493 e. The maximum Gasteiger partial charge on any atom is 0.187 e. The third kappa shape index (κ3) is 4.76. The summed E-state index contributed by atoms with van der Waals surface area (Å²) in [6, 6.07) is 10.3. The molecular formula is C19H18Cl2O3. The first-order valence-corrected chi connectivity index (χ1v) is 8.18. The minimum atomic E-state index is -0.196. The standard InChI is InChI=1S/C19H18Cl2O3/c1-12(2)24-18-9-5-13(10-19(18)23-3)4-8-17(22)15-7-6-14(20)11-16(15)21/h4-12H,1-3H3. The number of ether oxygens (including phenoxy) is 2. The summed E-state index contributed by atoms with van der Waals surface area (Å²) in [6.07, 6.45) is 3.22. The highest BCUT2D eigenvalue weighted by Crippen LogP contribution is 2.29. The Morgan fingerprint density at radius 1 is 1.08 bits per heavy atom. The Labute approximate surface area is 151 Å². The fraction of sp³-hybridized carbons (Fsp3) is 0.211. The van der Waals surface area contributed by atoms with Gasteiger partial charge in [-0.05, 0) is 55.8 Å². The number of rotatable bonds is 6. The highest BCUT2D eigenvalue weighted by atomic mass is 35.5. The van der Waals surface area contributed by atoms with Crippen LogP contribution in [0, 0.1) is 0 Å². The average Bonchev–Trinajstić information content (AvgIpc) is 2.53. The summed E-state index contributed by atoms with van der Waals surface area (Å²) < 4.78 is 11.0. The number of halogens is 2. The van der Waals surface area contributed by atoms with E-state index in [2.05, 4.69) is 0 Å². The molecule has 2 aromatic carbocycles. The quantitative estimate of drug-likeness (QED) is 0.488. The maximum atomic E-state index is 12.2. The lowest BCUT2D eigenvalue weighted by molar-refractivity contribution is 0.104. The van der Waals surface area contributed by atoms with Crippen molar-refractivity contribution in [1.29, 1.82) is 0 Å². The van der Waals surface area contributed by atoms with Gasteiger partial charge < -0.3 is 9.47 Å². The first-order chi connectivity index (χ1) is 11.4. The zero-order valence-corrected chi connectivity index (χ0v) is 15.2. The van der Waals surface area contributed by atoms with E-state index in [1.807, 2.05) is 32.0 Å². The Kier molecular flexibility index (Phi) is 6.29. The molecule has 0 aliphatic rings. The summed E-state index contributed by atoms with van der Waals surface area (Å²) >= 11 is 11.9. The van der Waals surface area contributed by atoms with E-state index in [-0.39, 0.29) is 11.9 Å². The number of hydrogen-bond donors (Lipinski definition) is 0. The second kappa shape index (κ2) is 8.22. The molecule has 0 aliphatic carbocycles. The van der Waals surface area contributed by atoms with E-state index in [0.717, 1.165) is 5.56 Å². The molecule has 5 heteroatoms. The maximum absolute atomic E-state index is 12.2. The zero-order chi connectivity index (χ0) is 17.7. The number of carbonyl (C=O) groups excluding carboxylic acids is 1. The van der Waals surface area contributed by atoms with E-state index in [9.17, 15) is 4.79 Å². The van der Waals surface area contributed by atoms with Crippen molar-refractivity contribution in [3.05, 3.63) is 63.6 Å². The number of allylic oxidation sites excluding steroid dienone is 1. The van der Waals surface area contributed by atoms with Crippen LogP contribution in [0.15, 0.2) is 42.5 Å². The normalized spacial score (nSPS) is 11.1. The first-order valence-electron chi connectivity index (χ1n) is 7.43. The Morgan fingerprint density at radius 3 is 2.46 bits per heavy atom. The van der Waals surface area contributed by atoms with Crippen LogP contribution in [0.5, 0.6) is 11.5 Å². The molecule has 0 heterocycles. The van der Waals surface area contributed by atoms with Gasteiger partial charge in [-0.2, -0.15) is 0 Å². The molecule has 2 aromatic rings. The molecule has 0 aliphatic heterocycles. The Morgan fingerprint density at radius 2 is 1.83 bits per heavy atom. The molecule has 0 amide bonds. The minimum absolute atomic E-state index is 0.0499. The topological polar surface area (TPSA) is 35.5 Å². The molecule has 126 valence electrons. The van der Waals surface area contributed by atoms with Crippen molar-refractivity contribution >= 4 is 35.1 Å². The molecule has 0 N–H and O–H groups in total. The predicted octanol–water partition coefficient (Wildman–Crippen LogP) is 5.69. The van der Waals surface area contributed by atoms with E-state index in [1.54, 1.807) is 31.4 Å². The van der Waals surface area contributed by atoms with Gasteiger partial charge in [-0.1, -0.05) is 35.3 Å². The smallest absolute Gasteiger partial charge is 0.187 e. The van der Waals surface area contributed by atoms with Crippen LogP contribution in [0.1, 0.15) is 29.8 Å². The SMILES string of the molecule is COc1cc(C=CC(=O)c2ccc(Cl)cc2Cl)ccc1OC(C)C. The number of methoxy groups -OCH3 is 1. The van der Waals surface area contributed by atoms with Crippen molar-refractivity contribution in [2.45, 2.75) is 20.0 Å². The van der Waals surface area contributed by atoms with E-state index in [0.29, 0.717) is 27.1 Å². The summed E-state index contributed by atoms with van der Waals surface area (Å²) in [6.45, 7) is 3.89. The highest BCUT2D eigenvalue weighted by molar-refractivity contribution is 6.37. The van der Waals surface area contributed by atoms with Crippen molar-refractivity contribution in [3.8, 4) is 11.5 Å². The molecule has 0 radical (unpaired) electrons. The second-order valence-corrected chi connectivity index (χ2v) is 6.24. The number of ketones is 1. The van der Waals surface area contributed by atoms with Crippen molar-refractivity contribution in [2.75, 3.05) is 7.11 Å². The van der Waals surface area contributed by atoms with Gasteiger partial charge in [0.1, 0.15) is 0 Å². The van der Waals surface area contributed by atoms with Gasteiger partial charge in [-0.15, -0.1) is 0 Å². The molecule has 0 spiro atoms. The Bertz CT molecular complexity index is 767. The van der Waals surface area contributed by atoms with Gasteiger partial charge in [-0.3, -0.25) is 4.79 Å². The molecule has 0 fully saturated rings. The van der Waals surface area contributed by atoms with Crippen molar-refractivity contribution < 1.29 is 14.3 Å². The summed E-state index contributed by atoms with van der Waals surface area (Å²) in [5.41, 5.74) is 1.23. The van der Waals surface area contributed by atoms with Gasteiger partial charge in [0.25, 0.3) is 0 Å². The van der Waals surface area contributed by atoms with Gasteiger partial charge in [0.15, 0.2) is 17.3 Å². The fourth-order valence-corrected chi connectivity index (χ4v) is 2.59. The first kappa shape index (κ1) is 18.4. The molecular weight excluding hydrogens is 347 g/mol. The summed E-state index contributed by atoms with van der Waals surface area (Å²) in [4.78, 5) is 12.2. The van der Waals surface area contributed by atoms with Crippen LogP contribution < -0.4 is 9.47 Å². The lowest BCUT2D eigenvalue weighted by Crippen LogP contribution is -2.06. The van der Waals surface area contributed by atoms with Crippen LogP contribution in [0.2, 0.25) is 10.0 Å². The van der Waals surface area contributed by atoms with Crippen molar-refractivity contribution in [1.82, 2.24) is 0 Å². The molecule has 0 atom stereocenters. The lowest BCUT2D eigenvalue weighted by Gasteiger charge is -2.13.